The molecule has 1 aliphatic rings. The number of aryl methyl sites for hydroxylation is 1. The van der Waals surface area contributed by atoms with Crippen molar-refractivity contribution in [2.45, 2.75) is 45.4 Å². The van der Waals surface area contributed by atoms with E-state index < -0.39 is 0 Å². The van der Waals surface area contributed by atoms with E-state index in [0.717, 1.165) is 13.1 Å². The zero-order chi connectivity index (χ0) is 16.3. The highest BCUT2D eigenvalue weighted by atomic mass is 16.5. The van der Waals surface area contributed by atoms with E-state index in [2.05, 4.69) is 58.6 Å². The van der Waals surface area contributed by atoms with Gasteiger partial charge in [0.05, 0.1) is 19.3 Å². The van der Waals surface area contributed by atoms with Crippen molar-refractivity contribution in [1.82, 2.24) is 30.4 Å². The van der Waals surface area contributed by atoms with E-state index in [4.69, 9.17) is 4.74 Å². The van der Waals surface area contributed by atoms with E-state index >= 15 is 0 Å². The lowest BCUT2D eigenvalue weighted by molar-refractivity contribution is -0.0947. The third-order valence-corrected chi connectivity index (χ3v) is 3.69. The Kier molecular flexibility index (Phi) is 4.97. The summed E-state index contributed by atoms with van der Waals surface area (Å²) in [5.74, 6) is 0.187. The SMILES string of the molecule is CC1CN(C(C)(C)CNC(=O)Nc2nnn(C)n2)CC(C)O1. The fourth-order valence-corrected chi connectivity index (χ4v) is 2.56. The summed E-state index contributed by atoms with van der Waals surface area (Å²) in [6.07, 6.45) is 0.390. The van der Waals surface area contributed by atoms with Crippen molar-refractivity contribution < 1.29 is 9.53 Å². The number of amides is 2. The lowest BCUT2D eigenvalue weighted by atomic mass is 10.0. The number of hydrogen-bond acceptors (Lipinski definition) is 6. The van der Waals surface area contributed by atoms with Gasteiger partial charge in [0.2, 0.25) is 0 Å². The molecule has 22 heavy (non-hydrogen) atoms. The van der Waals surface area contributed by atoms with Gasteiger partial charge in [-0.25, -0.2) is 4.79 Å². The number of carbonyl (C=O) groups excluding carboxylic acids is 1. The van der Waals surface area contributed by atoms with E-state index in [9.17, 15) is 4.79 Å². The van der Waals surface area contributed by atoms with Crippen LogP contribution in [0.3, 0.4) is 0 Å². The highest BCUT2D eigenvalue weighted by Gasteiger charge is 2.33. The average molecular weight is 311 g/mol. The molecule has 1 aliphatic heterocycles. The molecule has 2 amide bonds. The summed E-state index contributed by atoms with van der Waals surface area (Å²) in [7, 11) is 1.64. The Morgan fingerprint density at radius 1 is 1.36 bits per heavy atom. The number of tetrazole rings is 1. The second-order valence-corrected chi connectivity index (χ2v) is 6.38. The number of carbonyl (C=O) groups is 1. The number of nitrogens with one attached hydrogen (secondary N) is 2. The predicted octanol–water partition coefficient (Wildman–Crippen LogP) is 0.219. The van der Waals surface area contributed by atoms with Gasteiger partial charge in [-0.2, -0.15) is 4.80 Å². The lowest BCUT2D eigenvalue weighted by Gasteiger charge is -2.45. The molecular weight excluding hydrogens is 286 g/mol. The van der Waals surface area contributed by atoms with E-state index in [-0.39, 0.29) is 29.7 Å². The van der Waals surface area contributed by atoms with Crippen LogP contribution in [0.1, 0.15) is 27.7 Å². The van der Waals surface area contributed by atoms with Gasteiger partial charge in [0.1, 0.15) is 0 Å². The van der Waals surface area contributed by atoms with Crippen LogP contribution in [0.4, 0.5) is 10.7 Å². The highest BCUT2D eigenvalue weighted by Crippen LogP contribution is 2.20. The standard InChI is InChI=1S/C13H25N7O2/c1-9-6-20(7-10(2)22-9)13(3,4)8-14-12(21)15-11-16-18-19(5)17-11/h9-10H,6-8H2,1-5H3,(H2,14,15,17,21). The van der Waals surface area contributed by atoms with Crippen LogP contribution in [0.15, 0.2) is 0 Å². The second-order valence-electron chi connectivity index (χ2n) is 6.38. The van der Waals surface area contributed by atoms with Gasteiger partial charge in [0, 0.05) is 25.2 Å². The zero-order valence-electron chi connectivity index (χ0n) is 13.8. The van der Waals surface area contributed by atoms with Crippen molar-refractivity contribution in [3.63, 3.8) is 0 Å². The number of aromatic nitrogens is 4. The van der Waals surface area contributed by atoms with Gasteiger partial charge in [-0.3, -0.25) is 10.2 Å². The van der Waals surface area contributed by atoms with Crippen LogP contribution >= 0.6 is 0 Å². The average Bonchev–Trinajstić information content (AvgIpc) is 2.81. The molecule has 1 saturated heterocycles. The zero-order valence-corrected chi connectivity index (χ0v) is 13.8. The molecule has 2 N–H and O–H groups in total. The summed E-state index contributed by atoms with van der Waals surface area (Å²) in [5, 5.41) is 16.7. The molecule has 9 nitrogen and oxygen atoms in total. The van der Waals surface area contributed by atoms with E-state index in [1.165, 1.54) is 4.80 Å². The molecule has 9 heteroatoms. The number of anilines is 1. The molecule has 1 aromatic heterocycles. The Morgan fingerprint density at radius 2 is 2.00 bits per heavy atom. The quantitative estimate of drug-likeness (QED) is 0.825. The minimum Gasteiger partial charge on any atom is -0.373 e. The van der Waals surface area contributed by atoms with Crippen molar-refractivity contribution in [2.75, 3.05) is 25.0 Å². The van der Waals surface area contributed by atoms with Crippen LogP contribution in [-0.2, 0) is 11.8 Å². The number of nitrogens with zero attached hydrogens (tertiary/aromatic N) is 5. The largest absolute Gasteiger partial charge is 0.373 e. The van der Waals surface area contributed by atoms with E-state index in [1.54, 1.807) is 7.05 Å². The van der Waals surface area contributed by atoms with Crippen molar-refractivity contribution in [3.8, 4) is 0 Å². The van der Waals surface area contributed by atoms with Gasteiger partial charge in [-0.05, 0) is 32.9 Å². The van der Waals surface area contributed by atoms with Crippen LogP contribution in [0.25, 0.3) is 0 Å². The number of rotatable bonds is 4. The van der Waals surface area contributed by atoms with Gasteiger partial charge in [-0.1, -0.05) is 5.10 Å². The van der Waals surface area contributed by atoms with Crippen LogP contribution < -0.4 is 10.6 Å². The molecule has 1 fully saturated rings. The van der Waals surface area contributed by atoms with Crippen molar-refractivity contribution in [2.24, 2.45) is 7.05 Å². The first-order valence-electron chi connectivity index (χ1n) is 7.45. The van der Waals surface area contributed by atoms with E-state index in [1.807, 2.05) is 0 Å². The van der Waals surface area contributed by atoms with Crippen LogP contribution in [0, 0.1) is 0 Å². The summed E-state index contributed by atoms with van der Waals surface area (Å²) in [6.45, 7) is 10.6. The molecule has 2 rings (SSSR count). The Bertz CT molecular complexity index is 506. The van der Waals surface area contributed by atoms with Crippen molar-refractivity contribution in [3.05, 3.63) is 0 Å². The Labute approximate surface area is 130 Å². The van der Waals surface area contributed by atoms with Crippen LogP contribution in [0.2, 0.25) is 0 Å². The van der Waals surface area contributed by atoms with Crippen molar-refractivity contribution in [1.29, 1.82) is 0 Å². The Balaban J connectivity index is 1.84. The van der Waals surface area contributed by atoms with Gasteiger partial charge in [0.15, 0.2) is 0 Å². The summed E-state index contributed by atoms with van der Waals surface area (Å²) in [6, 6.07) is -0.338. The third-order valence-electron chi connectivity index (χ3n) is 3.69. The molecule has 0 spiro atoms. The summed E-state index contributed by atoms with van der Waals surface area (Å²) >= 11 is 0. The summed E-state index contributed by atoms with van der Waals surface area (Å²) in [5.41, 5.74) is -0.167. The Hall–Kier alpha value is -1.74. The smallest absolute Gasteiger partial charge is 0.321 e. The number of ether oxygens (including phenoxy) is 1. The second kappa shape index (κ2) is 6.57. The molecular formula is C13H25N7O2. The minimum atomic E-state index is -0.338. The van der Waals surface area contributed by atoms with Gasteiger partial charge >= 0.3 is 6.03 Å². The molecule has 1 aromatic rings. The molecule has 0 aromatic carbocycles. The number of morpholine rings is 1. The molecule has 2 heterocycles. The van der Waals surface area contributed by atoms with Gasteiger partial charge < -0.3 is 10.1 Å². The highest BCUT2D eigenvalue weighted by molar-refractivity contribution is 5.87. The Morgan fingerprint density at radius 3 is 2.55 bits per heavy atom. The molecule has 0 saturated carbocycles. The minimum absolute atomic E-state index is 0.167. The molecule has 0 radical (unpaired) electrons. The number of hydrogen-bond donors (Lipinski definition) is 2. The van der Waals surface area contributed by atoms with Gasteiger partial charge in [-0.15, -0.1) is 5.10 Å². The molecule has 0 aliphatic carbocycles. The fourth-order valence-electron chi connectivity index (χ4n) is 2.56. The topological polar surface area (TPSA) is 97.2 Å². The normalized spacial score (nSPS) is 23.3. The molecule has 2 atom stereocenters. The van der Waals surface area contributed by atoms with E-state index in [0.29, 0.717) is 6.54 Å². The predicted molar refractivity (Wildman–Crippen MR) is 81.5 cm³/mol. The lowest BCUT2D eigenvalue weighted by Crippen LogP contribution is -2.59. The maximum atomic E-state index is 11.9. The third kappa shape index (κ3) is 4.38. The first kappa shape index (κ1) is 16.6. The van der Waals surface area contributed by atoms with Crippen LogP contribution in [-0.4, -0.2) is 68.5 Å². The van der Waals surface area contributed by atoms with Gasteiger partial charge in [0.25, 0.3) is 5.95 Å². The summed E-state index contributed by atoms with van der Waals surface area (Å²) < 4.78 is 5.75. The molecule has 2 unspecified atom stereocenters. The molecule has 124 valence electrons. The van der Waals surface area contributed by atoms with Crippen molar-refractivity contribution >= 4 is 12.0 Å². The maximum absolute atomic E-state index is 11.9. The summed E-state index contributed by atoms with van der Waals surface area (Å²) in [4.78, 5) is 15.5. The first-order chi connectivity index (χ1) is 10.3. The first-order valence-corrected chi connectivity index (χ1v) is 7.45. The van der Waals surface area contributed by atoms with Crippen LogP contribution in [0.5, 0.6) is 0 Å². The maximum Gasteiger partial charge on any atom is 0.321 e. The monoisotopic (exact) mass is 311 g/mol. The fraction of sp³-hybridized carbons (Fsp3) is 0.846. The number of urea groups is 1. The molecule has 0 bridgehead atoms.